The number of hydrogen-bond donors (Lipinski definition) is 2. The quantitative estimate of drug-likeness (QED) is 0.846. The molecule has 0 aromatic heterocycles. The summed E-state index contributed by atoms with van der Waals surface area (Å²) < 4.78 is 50.7. The molecule has 0 aliphatic carbocycles. The Bertz CT molecular complexity index is 591. The maximum Gasteiger partial charge on any atom is 0.150 e. The van der Waals surface area contributed by atoms with Crippen molar-refractivity contribution in [2.24, 2.45) is 11.3 Å². The SMILES string of the molecule is O=S1(=O)CCC(C(CO)(CO)Cc2c(F)cccc2F)C1. The van der Waals surface area contributed by atoms with E-state index >= 15 is 0 Å². The molecule has 1 atom stereocenters. The third-order valence-corrected chi connectivity index (χ3v) is 6.09. The van der Waals surface area contributed by atoms with Crippen molar-refractivity contribution in [1.82, 2.24) is 0 Å². The number of hydrogen-bond acceptors (Lipinski definition) is 4. The molecule has 1 heterocycles. The summed E-state index contributed by atoms with van der Waals surface area (Å²) in [5, 5.41) is 19.3. The maximum atomic E-state index is 13.8. The standard InChI is InChI=1S/C14H18F2O4S/c15-12-2-1-3-13(16)11(12)6-14(8-17,9-18)10-4-5-21(19,20)7-10/h1-3,10,17-18H,4-9H2. The van der Waals surface area contributed by atoms with Gasteiger partial charge in [0.15, 0.2) is 9.84 Å². The van der Waals surface area contributed by atoms with E-state index in [9.17, 15) is 27.4 Å². The first kappa shape index (κ1) is 16.3. The molecule has 118 valence electrons. The summed E-state index contributed by atoms with van der Waals surface area (Å²) in [5.41, 5.74) is -1.48. The second-order valence-electron chi connectivity index (χ2n) is 5.66. The molecule has 4 nitrogen and oxygen atoms in total. The van der Waals surface area contributed by atoms with E-state index in [2.05, 4.69) is 0 Å². The highest BCUT2D eigenvalue weighted by Gasteiger charge is 2.44. The summed E-state index contributed by atoms with van der Waals surface area (Å²) in [6.07, 6.45) is 0.0399. The second kappa shape index (κ2) is 5.98. The van der Waals surface area contributed by atoms with Gasteiger partial charge in [-0.15, -0.1) is 0 Å². The fourth-order valence-electron chi connectivity index (χ4n) is 2.90. The van der Waals surface area contributed by atoms with Gasteiger partial charge < -0.3 is 10.2 Å². The summed E-state index contributed by atoms with van der Waals surface area (Å²) in [6, 6.07) is 3.43. The monoisotopic (exact) mass is 320 g/mol. The predicted molar refractivity (Wildman–Crippen MR) is 73.4 cm³/mol. The molecule has 1 aliphatic rings. The van der Waals surface area contributed by atoms with E-state index in [4.69, 9.17) is 0 Å². The molecule has 0 radical (unpaired) electrons. The smallest absolute Gasteiger partial charge is 0.150 e. The summed E-state index contributed by atoms with van der Waals surface area (Å²) in [5.74, 6) is -2.25. The first-order valence-electron chi connectivity index (χ1n) is 6.68. The van der Waals surface area contributed by atoms with Crippen molar-refractivity contribution in [2.45, 2.75) is 12.8 Å². The lowest BCUT2D eigenvalue weighted by atomic mass is 9.72. The molecule has 0 amide bonds. The van der Waals surface area contributed by atoms with E-state index in [1.165, 1.54) is 6.07 Å². The van der Waals surface area contributed by atoms with Gasteiger partial charge in [-0.2, -0.15) is 0 Å². The molecule has 0 spiro atoms. The largest absolute Gasteiger partial charge is 0.396 e. The number of rotatable bonds is 5. The van der Waals surface area contributed by atoms with Crippen LogP contribution in [0.2, 0.25) is 0 Å². The van der Waals surface area contributed by atoms with Crippen LogP contribution in [0, 0.1) is 23.0 Å². The van der Waals surface area contributed by atoms with Gasteiger partial charge in [-0.05, 0) is 30.9 Å². The van der Waals surface area contributed by atoms with Crippen LogP contribution in [0.5, 0.6) is 0 Å². The highest BCUT2D eigenvalue weighted by molar-refractivity contribution is 7.91. The van der Waals surface area contributed by atoms with Gasteiger partial charge in [0.2, 0.25) is 0 Å². The van der Waals surface area contributed by atoms with Gasteiger partial charge in [0.25, 0.3) is 0 Å². The normalized spacial score (nSPS) is 21.6. The zero-order valence-electron chi connectivity index (χ0n) is 11.4. The number of sulfone groups is 1. The molecule has 1 unspecified atom stereocenters. The zero-order valence-corrected chi connectivity index (χ0v) is 12.2. The van der Waals surface area contributed by atoms with Crippen LogP contribution >= 0.6 is 0 Å². The lowest BCUT2D eigenvalue weighted by Gasteiger charge is -2.35. The Kier molecular flexibility index (Phi) is 4.65. The van der Waals surface area contributed by atoms with Crippen molar-refractivity contribution in [1.29, 1.82) is 0 Å². The van der Waals surface area contributed by atoms with Gasteiger partial charge in [0.1, 0.15) is 11.6 Å². The fraction of sp³-hybridized carbons (Fsp3) is 0.571. The first-order chi connectivity index (χ1) is 9.83. The van der Waals surface area contributed by atoms with Crippen LogP contribution in [0.1, 0.15) is 12.0 Å². The molecule has 1 aromatic rings. The van der Waals surface area contributed by atoms with Gasteiger partial charge in [-0.1, -0.05) is 6.07 Å². The molecule has 1 fully saturated rings. The van der Waals surface area contributed by atoms with Crippen LogP contribution in [0.4, 0.5) is 8.78 Å². The van der Waals surface area contributed by atoms with Crippen LogP contribution in [0.25, 0.3) is 0 Å². The predicted octanol–water partition coefficient (Wildman–Crippen LogP) is 0.913. The molecule has 1 saturated heterocycles. The summed E-state index contributed by atoms with van der Waals surface area (Å²) >= 11 is 0. The highest BCUT2D eigenvalue weighted by atomic mass is 32.2. The Morgan fingerprint density at radius 1 is 1.19 bits per heavy atom. The molecule has 1 aliphatic heterocycles. The minimum atomic E-state index is -3.22. The van der Waals surface area contributed by atoms with E-state index in [0.717, 1.165) is 12.1 Å². The van der Waals surface area contributed by atoms with Crippen molar-refractivity contribution < 1.29 is 27.4 Å². The molecule has 0 saturated carbocycles. The molecular formula is C14H18F2O4S. The summed E-state index contributed by atoms with van der Waals surface area (Å²) in [4.78, 5) is 0. The maximum absolute atomic E-state index is 13.8. The first-order valence-corrected chi connectivity index (χ1v) is 8.51. The summed E-state index contributed by atoms with van der Waals surface area (Å²) in [6.45, 7) is -1.06. The Hall–Kier alpha value is -1.05. The Morgan fingerprint density at radius 3 is 2.19 bits per heavy atom. The topological polar surface area (TPSA) is 74.6 Å². The van der Waals surface area contributed by atoms with Crippen LogP contribution in [-0.2, 0) is 16.3 Å². The third-order valence-electron chi connectivity index (χ3n) is 4.32. The Labute approximate surface area is 122 Å². The van der Waals surface area contributed by atoms with Crippen molar-refractivity contribution in [2.75, 3.05) is 24.7 Å². The van der Waals surface area contributed by atoms with E-state index in [0.29, 0.717) is 0 Å². The number of aliphatic hydroxyl groups excluding tert-OH is 2. The lowest BCUT2D eigenvalue weighted by Crippen LogP contribution is -2.41. The Balaban J connectivity index is 2.35. The third kappa shape index (κ3) is 3.25. The van der Waals surface area contributed by atoms with E-state index < -0.39 is 46.0 Å². The molecule has 2 N–H and O–H groups in total. The fourth-order valence-corrected chi connectivity index (χ4v) is 4.84. The Morgan fingerprint density at radius 2 is 1.76 bits per heavy atom. The van der Waals surface area contributed by atoms with E-state index in [1.807, 2.05) is 0 Å². The number of benzene rings is 1. The lowest BCUT2D eigenvalue weighted by molar-refractivity contribution is 0.0112. The van der Waals surface area contributed by atoms with Gasteiger partial charge in [-0.3, -0.25) is 0 Å². The average molecular weight is 320 g/mol. The zero-order chi connectivity index (χ0) is 15.7. The number of halogens is 2. The molecule has 21 heavy (non-hydrogen) atoms. The molecule has 1 aromatic carbocycles. The molecule has 7 heteroatoms. The number of aliphatic hydroxyl groups is 2. The van der Waals surface area contributed by atoms with Gasteiger partial charge in [-0.25, -0.2) is 17.2 Å². The average Bonchev–Trinajstić information content (AvgIpc) is 2.80. The summed E-state index contributed by atoms with van der Waals surface area (Å²) in [7, 11) is -3.22. The van der Waals surface area contributed by atoms with Crippen LogP contribution in [0.15, 0.2) is 18.2 Å². The van der Waals surface area contributed by atoms with Gasteiger partial charge in [0, 0.05) is 11.0 Å². The van der Waals surface area contributed by atoms with E-state index in [1.54, 1.807) is 0 Å². The van der Waals surface area contributed by atoms with E-state index in [-0.39, 0.29) is 29.9 Å². The van der Waals surface area contributed by atoms with Crippen molar-refractivity contribution >= 4 is 9.84 Å². The van der Waals surface area contributed by atoms with Crippen LogP contribution in [-0.4, -0.2) is 43.4 Å². The molecular weight excluding hydrogens is 302 g/mol. The highest BCUT2D eigenvalue weighted by Crippen LogP contribution is 2.39. The minimum absolute atomic E-state index is 0.0286. The van der Waals surface area contributed by atoms with Crippen molar-refractivity contribution in [3.8, 4) is 0 Å². The second-order valence-corrected chi connectivity index (χ2v) is 7.88. The van der Waals surface area contributed by atoms with Gasteiger partial charge in [0.05, 0.1) is 24.7 Å². The van der Waals surface area contributed by atoms with Crippen molar-refractivity contribution in [3.05, 3.63) is 35.4 Å². The van der Waals surface area contributed by atoms with Crippen LogP contribution < -0.4 is 0 Å². The van der Waals surface area contributed by atoms with Crippen LogP contribution in [0.3, 0.4) is 0 Å². The molecule has 0 bridgehead atoms. The minimum Gasteiger partial charge on any atom is -0.396 e. The van der Waals surface area contributed by atoms with Crippen molar-refractivity contribution in [3.63, 3.8) is 0 Å². The van der Waals surface area contributed by atoms with Gasteiger partial charge >= 0.3 is 0 Å². The molecule has 2 rings (SSSR count).